The molecule has 5 nitrogen and oxygen atoms in total. The van der Waals surface area contributed by atoms with E-state index in [9.17, 15) is 0 Å². The predicted octanol–water partition coefficient (Wildman–Crippen LogP) is -1.02. The van der Waals surface area contributed by atoms with Crippen molar-refractivity contribution in [1.29, 1.82) is 0 Å². The molecule has 1 radical (unpaired) electrons. The summed E-state index contributed by atoms with van der Waals surface area (Å²) in [6.45, 7) is -3.27. The van der Waals surface area contributed by atoms with Crippen LogP contribution >= 0.6 is 6.72 Å². The summed E-state index contributed by atoms with van der Waals surface area (Å²) in [6.07, 6.45) is 0. The minimum atomic E-state index is -3.27. The van der Waals surface area contributed by atoms with E-state index in [0.717, 1.165) is 0 Å². The summed E-state index contributed by atoms with van der Waals surface area (Å²) in [5, 5.41) is 0. The molecule has 0 saturated carbocycles. The molecule has 0 unspecified atom stereocenters. The van der Waals surface area contributed by atoms with Gasteiger partial charge in [0.15, 0.2) is 0 Å². The maximum Gasteiger partial charge on any atom is 0.357 e. The Morgan fingerprint density at radius 1 is 1.38 bits per heavy atom. The van der Waals surface area contributed by atoms with Crippen LogP contribution in [0.3, 0.4) is 0 Å². The Kier molecular flexibility index (Phi) is 7.30. The molecule has 8 heteroatoms. The SMILES string of the molecule is NOP(O)(=S)ON.[Ir]. The minimum Gasteiger partial charge on any atom is -0.322 e. The first kappa shape index (κ1) is 11.8. The van der Waals surface area contributed by atoms with Gasteiger partial charge in [-0.05, 0) is 11.8 Å². The number of hydrogen-bond donors (Lipinski definition) is 3. The largest absolute Gasteiger partial charge is 0.357 e. The summed E-state index contributed by atoms with van der Waals surface area (Å²) < 4.78 is 7.44. The third-order valence-electron chi connectivity index (χ3n) is 0.266. The molecule has 0 aliphatic carbocycles. The fourth-order valence-corrected chi connectivity index (χ4v) is 0.0745. The molecule has 0 saturated heterocycles. The van der Waals surface area contributed by atoms with Crippen molar-refractivity contribution < 1.29 is 34.2 Å². The first-order valence-corrected chi connectivity index (χ1v) is 3.81. The molecular formula is H5IrN2O3PS. The minimum absolute atomic E-state index is 0. The van der Waals surface area contributed by atoms with Crippen molar-refractivity contribution in [3.63, 3.8) is 0 Å². The molecule has 0 aliphatic heterocycles. The van der Waals surface area contributed by atoms with Crippen molar-refractivity contribution >= 4 is 18.5 Å². The Bertz CT molecular complexity index is 89.3. The third kappa shape index (κ3) is 5.24. The van der Waals surface area contributed by atoms with Crippen LogP contribution in [0.2, 0.25) is 0 Å². The molecule has 0 amide bonds. The summed E-state index contributed by atoms with van der Waals surface area (Å²) in [7, 11) is 0. The van der Waals surface area contributed by atoms with Crippen LogP contribution in [-0.2, 0) is 41.2 Å². The standard InChI is InChI=1S/Ir.H5N2O3PS/c;1-4-6(3,7)5-2/h;1-2H2,(H,3,7). The molecule has 0 aromatic carbocycles. The zero-order chi connectivity index (χ0) is 5.91. The molecule has 0 aliphatic rings. The van der Waals surface area contributed by atoms with Crippen LogP contribution in [0.15, 0.2) is 0 Å². The van der Waals surface area contributed by atoms with Crippen molar-refractivity contribution in [3.05, 3.63) is 0 Å². The van der Waals surface area contributed by atoms with E-state index in [1.165, 1.54) is 0 Å². The maximum atomic E-state index is 8.36. The van der Waals surface area contributed by atoms with Gasteiger partial charge in [0.2, 0.25) is 0 Å². The van der Waals surface area contributed by atoms with E-state index >= 15 is 0 Å². The topological polar surface area (TPSA) is 90.7 Å². The van der Waals surface area contributed by atoms with E-state index in [-0.39, 0.29) is 20.1 Å². The quantitative estimate of drug-likeness (QED) is 0.442. The average Bonchev–Trinajstić information content (AvgIpc) is 1.68. The van der Waals surface area contributed by atoms with Crippen LogP contribution in [0.5, 0.6) is 0 Å². The first-order valence-electron chi connectivity index (χ1n) is 1.22. The Morgan fingerprint density at radius 3 is 1.62 bits per heavy atom. The Morgan fingerprint density at radius 2 is 1.62 bits per heavy atom. The van der Waals surface area contributed by atoms with Gasteiger partial charge in [-0.2, -0.15) is 0 Å². The van der Waals surface area contributed by atoms with Crippen LogP contribution in [0.1, 0.15) is 0 Å². The second-order valence-corrected chi connectivity index (χ2v) is 3.42. The molecular weight excluding hydrogens is 331 g/mol. The Hall–Kier alpha value is 1.10. The van der Waals surface area contributed by atoms with E-state index in [1.54, 1.807) is 0 Å². The average molecular weight is 336 g/mol. The fraction of sp³-hybridized carbons (Fsp3) is 0. The molecule has 5 N–H and O–H groups in total. The van der Waals surface area contributed by atoms with Gasteiger partial charge >= 0.3 is 6.72 Å². The first-order chi connectivity index (χ1) is 3.12. The summed E-state index contributed by atoms with van der Waals surface area (Å²) in [6, 6.07) is 0. The predicted molar refractivity (Wildman–Crippen MR) is 27.0 cm³/mol. The maximum absolute atomic E-state index is 8.36. The second kappa shape index (κ2) is 4.93. The second-order valence-electron chi connectivity index (χ2n) is 0.679. The van der Waals surface area contributed by atoms with Crippen LogP contribution in [-0.4, -0.2) is 4.89 Å². The van der Waals surface area contributed by atoms with Gasteiger partial charge < -0.3 is 4.89 Å². The van der Waals surface area contributed by atoms with Crippen LogP contribution < -0.4 is 11.8 Å². The molecule has 0 aromatic rings. The monoisotopic (exact) mass is 337 g/mol. The van der Waals surface area contributed by atoms with Crippen molar-refractivity contribution in [2.24, 2.45) is 11.8 Å². The van der Waals surface area contributed by atoms with Crippen LogP contribution in [0, 0.1) is 0 Å². The van der Waals surface area contributed by atoms with Gasteiger partial charge in [0.05, 0.1) is 0 Å². The summed E-state index contributed by atoms with van der Waals surface area (Å²) >= 11 is 4.12. The zero-order valence-corrected chi connectivity index (χ0v) is 7.71. The molecule has 0 spiro atoms. The molecule has 53 valence electrons. The van der Waals surface area contributed by atoms with Gasteiger partial charge in [-0.15, -0.1) is 0 Å². The third-order valence-corrected chi connectivity index (χ3v) is 1.32. The van der Waals surface area contributed by atoms with E-state index in [4.69, 9.17) is 4.89 Å². The molecule has 0 bridgehead atoms. The van der Waals surface area contributed by atoms with E-state index in [0.29, 0.717) is 0 Å². The number of rotatable bonds is 2. The fourth-order valence-electron chi connectivity index (χ4n) is 0.0248. The normalized spacial score (nSPS) is 10.4. The van der Waals surface area contributed by atoms with Gasteiger partial charge in [0, 0.05) is 20.1 Å². The van der Waals surface area contributed by atoms with Gasteiger partial charge in [0.25, 0.3) is 0 Å². The Balaban J connectivity index is 0. The summed E-state index contributed by atoms with van der Waals surface area (Å²) in [4.78, 5) is 8.36. The molecule has 0 aromatic heterocycles. The van der Waals surface area contributed by atoms with Crippen molar-refractivity contribution in [3.8, 4) is 0 Å². The van der Waals surface area contributed by atoms with E-state index < -0.39 is 6.72 Å². The summed E-state index contributed by atoms with van der Waals surface area (Å²) in [5.41, 5.74) is 0. The van der Waals surface area contributed by atoms with Crippen molar-refractivity contribution in [1.82, 2.24) is 0 Å². The zero-order valence-electron chi connectivity index (χ0n) is 3.61. The molecule has 0 rings (SSSR count). The van der Waals surface area contributed by atoms with Crippen LogP contribution in [0.25, 0.3) is 0 Å². The molecule has 8 heavy (non-hydrogen) atoms. The van der Waals surface area contributed by atoms with E-state index in [1.807, 2.05) is 0 Å². The summed E-state index contributed by atoms with van der Waals surface area (Å²) in [5.74, 6) is 8.81. The van der Waals surface area contributed by atoms with Crippen molar-refractivity contribution in [2.45, 2.75) is 0 Å². The Labute approximate surface area is 64.8 Å². The van der Waals surface area contributed by atoms with Gasteiger partial charge in [-0.3, -0.25) is 0 Å². The van der Waals surface area contributed by atoms with Crippen molar-refractivity contribution in [2.75, 3.05) is 0 Å². The van der Waals surface area contributed by atoms with E-state index in [2.05, 4.69) is 32.8 Å². The van der Waals surface area contributed by atoms with Gasteiger partial charge in [-0.25, -0.2) is 21.0 Å². The van der Waals surface area contributed by atoms with Crippen LogP contribution in [0.4, 0.5) is 0 Å². The smallest absolute Gasteiger partial charge is 0.322 e. The molecule has 0 fully saturated rings. The molecule has 0 heterocycles. The number of nitrogens with two attached hydrogens (primary N) is 2. The molecule has 0 atom stereocenters. The number of hydrogen-bond acceptors (Lipinski definition) is 5. The van der Waals surface area contributed by atoms with Gasteiger partial charge in [0.1, 0.15) is 0 Å². The van der Waals surface area contributed by atoms with Gasteiger partial charge in [-0.1, -0.05) is 0 Å².